The Hall–Kier alpha value is -0.550. The van der Waals surface area contributed by atoms with Crippen LogP contribution in [-0.2, 0) is 0 Å². The van der Waals surface area contributed by atoms with Crippen molar-refractivity contribution in [2.75, 3.05) is 20.1 Å². The Bertz CT molecular complexity index is 191. The van der Waals surface area contributed by atoms with E-state index in [2.05, 4.69) is 31.9 Å². The molecule has 1 atom stereocenters. The summed E-state index contributed by atoms with van der Waals surface area (Å²) in [7, 11) is 2.16. The fraction of sp³-hybridized carbons (Fsp3) is 0.900. The normalized spacial score (nSPS) is 29.7. The smallest absolute Gasteiger partial charge is 0.0624 e. The van der Waals surface area contributed by atoms with E-state index in [0.29, 0.717) is 11.3 Å². The van der Waals surface area contributed by atoms with E-state index in [9.17, 15) is 0 Å². The SMILES string of the molecule is CN1CCC(CC#N)C(C)(C)C1. The van der Waals surface area contributed by atoms with Crippen LogP contribution in [0.5, 0.6) is 0 Å². The van der Waals surface area contributed by atoms with Crippen molar-refractivity contribution in [1.82, 2.24) is 4.90 Å². The van der Waals surface area contributed by atoms with Crippen LogP contribution >= 0.6 is 0 Å². The maximum Gasteiger partial charge on any atom is 0.0624 e. The van der Waals surface area contributed by atoms with E-state index in [1.165, 1.54) is 6.42 Å². The van der Waals surface area contributed by atoms with Gasteiger partial charge in [0.2, 0.25) is 0 Å². The summed E-state index contributed by atoms with van der Waals surface area (Å²) < 4.78 is 0. The van der Waals surface area contributed by atoms with Crippen molar-refractivity contribution >= 4 is 0 Å². The highest BCUT2D eigenvalue weighted by atomic mass is 15.1. The summed E-state index contributed by atoms with van der Waals surface area (Å²) in [6.07, 6.45) is 1.90. The Morgan fingerprint density at radius 1 is 1.58 bits per heavy atom. The van der Waals surface area contributed by atoms with Gasteiger partial charge < -0.3 is 4.90 Å². The number of nitrogens with zero attached hydrogens (tertiary/aromatic N) is 2. The third-order valence-corrected chi connectivity index (χ3v) is 2.98. The Kier molecular flexibility index (Phi) is 2.74. The number of likely N-dealkylation sites (tertiary alicyclic amines) is 1. The predicted molar refractivity (Wildman–Crippen MR) is 49.6 cm³/mol. The van der Waals surface area contributed by atoms with E-state index in [0.717, 1.165) is 19.5 Å². The second kappa shape index (κ2) is 3.45. The molecule has 1 rings (SSSR count). The highest BCUT2D eigenvalue weighted by molar-refractivity contribution is 4.90. The minimum absolute atomic E-state index is 0.322. The number of hydrogen-bond acceptors (Lipinski definition) is 2. The molecule has 0 spiro atoms. The Balaban J connectivity index is 2.59. The van der Waals surface area contributed by atoms with Gasteiger partial charge in [0.1, 0.15) is 0 Å². The van der Waals surface area contributed by atoms with E-state index in [4.69, 9.17) is 5.26 Å². The topological polar surface area (TPSA) is 27.0 Å². The summed E-state index contributed by atoms with van der Waals surface area (Å²) in [5.74, 6) is 0.596. The molecule has 1 aliphatic heterocycles. The van der Waals surface area contributed by atoms with Crippen molar-refractivity contribution in [2.45, 2.75) is 26.7 Å². The molecule has 1 unspecified atom stereocenters. The van der Waals surface area contributed by atoms with Gasteiger partial charge in [-0.1, -0.05) is 13.8 Å². The van der Waals surface area contributed by atoms with Crippen LogP contribution in [0, 0.1) is 22.7 Å². The molecule has 2 nitrogen and oxygen atoms in total. The molecule has 0 amide bonds. The number of rotatable bonds is 1. The summed E-state index contributed by atoms with van der Waals surface area (Å²) in [5, 5.41) is 8.65. The Morgan fingerprint density at radius 3 is 2.75 bits per heavy atom. The third-order valence-electron chi connectivity index (χ3n) is 2.98. The molecule has 12 heavy (non-hydrogen) atoms. The number of hydrogen-bond donors (Lipinski definition) is 0. The molecule has 1 aliphatic rings. The molecule has 68 valence electrons. The molecular formula is C10H18N2. The van der Waals surface area contributed by atoms with Gasteiger partial charge >= 0.3 is 0 Å². The summed E-state index contributed by atoms with van der Waals surface area (Å²) in [5.41, 5.74) is 0.322. The summed E-state index contributed by atoms with van der Waals surface area (Å²) >= 11 is 0. The zero-order valence-electron chi connectivity index (χ0n) is 8.30. The molecule has 0 aromatic rings. The van der Waals surface area contributed by atoms with Crippen LogP contribution in [-0.4, -0.2) is 25.0 Å². The zero-order valence-corrected chi connectivity index (χ0v) is 8.30. The molecule has 0 saturated carbocycles. The molecule has 1 heterocycles. The Morgan fingerprint density at radius 2 is 2.25 bits per heavy atom. The highest BCUT2D eigenvalue weighted by Crippen LogP contribution is 2.36. The van der Waals surface area contributed by atoms with Crippen LogP contribution in [0.4, 0.5) is 0 Å². The van der Waals surface area contributed by atoms with E-state index in [1.807, 2.05) is 0 Å². The van der Waals surface area contributed by atoms with Crippen LogP contribution in [0.25, 0.3) is 0 Å². The molecule has 0 bridgehead atoms. The summed E-state index contributed by atoms with van der Waals surface area (Å²) in [4.78, 5) is 2.36. The average molecular weight is 166 g/mol. The van der Waals surface area contributed by atoms with Crippen LogP contribution in [0.2, 0.25) is 0 Å². The quantitative estimate of drug-likeness (QED) is 0.594. The maximum atomic E-state index is 8.65. The largest absolute Gasteiger partial charge is 0.306 e. The first-order chi connectivity index (χ1) is 5.56. The minimum Gasteiger partial charge on any atom is -0.306 e. The third kappa shape index (κ3) is 1.98. The van der Waals surface area contributed by atoms with Crippen molar-refractivity contribution < 1.29 is 0 Å². The van der Waals surface area contributed by atoms with Gasteiger partial charge in [-0.05, 0) is 31.3 Å². The monoisotopic (exact) mass is 166 g/mol. The minimum atomic E-state index is 0.322. The lowest BCUT2D eigenvalue weighted by Gasteiger charge is -2.42. The second-order valence-corrected chi connectivity index (χ2v) is 4.57. The van der Waals surface area contributed by atoms with Gasteiger partial charge in [-0.15, -0.1) is 0 Å². The van der Waals surface area contributed by atoms with E-state index in [-0.39, 0.29) is 0 Å². The van der Waals surface area contributed by atoms with Gasteiger partial charge in [0, 0.05) is 13.0 Å². The van der Waals surface area contributed by atoms with E-state index >= 15 is 0 Å². The van der Waals surface area contributed by atoms with Crippen LogP contribution in [0.15, 0.2) is 0 Å². The van der Waals surface area contributed by atoms with Crippen molar-refractivity contribution in [1.29, 1.82) is 5.26 Å². The van der Waals surface area contributed by atoms with Crippen molar-refractivity contribution in [3.8, 4) is 6.07 Å². The molecule has 1 fully saturated rings. The first kappa shape index (κ1) is 9.54. The first-order valence-corrected chi connectivity index (χ1v) is 4.62. The molecule has 1 saturated heterocycles. The zero-order chi connectivity index (χ0) is 9.19. The van der Waals surface area contributed by atoms with E-state index < -0.39 is 0 Å². The highest BCUT2D eigenvalue weighted by Gasteiger charge is 2.33. The lowest BCUT2D eigenvalue weighted by atomic mass is 9.73. The van der Waals surface area contributed by atoms with Crippen molar-refractivity contribution in [3.63, 3.8) is 0 Å². The van der Waals surface area contributed by atoms with Gasteiger partial charge in [-0.25, -0.2) is 0 Å². The average Bonchev–Trinajstić information content (AvgIpc) is 1.94. The summed E-state index contributed by atoms with van der Waals surface area (Å²) in [6.45, 7) is 6.81. The maximum absolute atomic E-state index is 8.65. The lowest BCUT2D eigenvalue weighted by Crippen LogP contribution is -2.43. The van der Waals surface area contributed by atoms with Gasteiger partial charge in [0.15, 0.2) is 0 Å². The fourth-order valence-electron chi connectivity index (χ4n) is 2.16. The predicted octanol–water partition coefficient (Wildman–Crippen LogP) is 1.88. The van der Waals surface area contributed by atoms with Crippen molar-refractivity contribution in [2.24, 2.45) is 11.3 Å². The van der Waals surface area contributed by atoms with Gasteiger partial charge in [-0.3, -0.25) is 0 Å². The van der Waals surface area contributed by atoms with Gasteiger partial charge in [0.05, 0.1) is 6.07 Å². The van der Waals surface area contributed by atoms with Gasteiger partial charge in [0.25, 0.3) is 0 Å². The van der Waals surface area contributed by atoms with Crippen LogP contribution in [0.1, 0.15) is 26.7 Å². The Labute approximate surface area is 75.2 Å². The number of nitriles is 1. The molecule has 0 N–H and O–H groups in total. The molecule has 0 aromatic carbocycles. The molecule has 0 aliphatic carbocycles. The van der Waals surface area contributed by atoms with Crippen LogP contribution in [0.3, 0.4) is 0 Å². The fourth-order valence-corrected chi connectivity index (χ4v) is 2.16. The first-order valence-electron chi connectivity index (χ1n) is 4.62. The molecule has 2 heteroatoms. The number of piperidine rings is 1. The van der Waals surface area contributed by atoms with E-state index in [1.54, 1.807) is 0 Å². The lowest BCUT2D eigenvalue weighted by molar-refractivity contribution is 0.0746. The van der Waals surface area contributed by atoms with Crippen LogP contribution < -0.4 is 0 Å². The van der Waals surface area contributed by atoms with Gasteiger partial charge in [-0.2, -0.15) is 5.26 Å². The second-order valence-electron chi connectivity index (χ2n) is 4.57. The standard InChI is InChI=1S/C10H18N2/c1-10(2)8-12(3)7-5-9(10)4-6-11/h9H,4-5,7-8H2,1-3H3. The van der Waals surface area contributed by atoms with Crippen molar-refractivity contribution in [3.05, 3.63) is 0 Å². The molecule has 0 radical (unpaired) electrons. The molecular weight excluding hydrogens is 148 g/mol. The summed E-state index contributed by atoms with van der Waals surface area (Å²) in [6, 6.07) is 2.29. The molecule has 0 aromatic heterocycles.